The lowest BCUT2D eigenvalue weighted by molar-refractivity contribution is 0.237. The third-order valence-electron chi connectivity index (χ3n) is 6.93. The van der Waals surface area contributed by atoms with Crippen LogP contribution in [0.1, 0.15) is 53.4 Å². The summed E-state index contributed by atoms with van der Waals surface area (Å²) in [6.45, 7) is 4.18. The minimum Gasteiger partial charge on any atom is -0.508 e. The molecule has 1 N–H and O–H groups in total. The number of aromatic hydroxyl groups is 1. The van der Waals surface area contributed by atoms with Gasteiger partial charge in [-0.25, -0.2) is 0 Å². The van der Waals surface area contributed by atoms with Gasteiger partial charge in [-0.2, -0.15) is 0 Å². The highest BCUT2D eigenvalue weighted by atomic mass is 16.5. The van der Waals surface area contributed by atoms with E-state index in [-0.39, 0.29) is 5.92 Å². The highest BCUT2D eigenvalue weighted by Gasteiger charge is 2.32. The molecule has 1 heterocycles. The van der Waals surface area contributed by atoms with E-state index in [0.717, 1.165) is 31.7 Å². The number of aryl methyl sites for hydroxylation is 1. The number of nitrogens with zero attached hydrogens (tertiary/aromatic N) is 1. The SMILES string of the molecule is Oc1ccc2c(c1)CC[C@H](c1ccccc1)C2c1ccc(OCCN2CCCC2)cc1. The van der Waals surface area contributed by atoms with Crippen molar-refractivity contribution in [2.45, 2.75) is 37.5 Å². The zero-order chi connectivity index (χ0) is 21.0. The molecule has 0 amide bonds. The van der Waals surface area contributed by atoms with Crippen molar-refractivity contribution in [2.75, 3.05) is 26.2 Å². The molecule has 1 aliphatic carbocycles. The summed E-state index contributed by atoms with van der Waals surface area (Å²) in [6.07, 6.45) is 4.71. The van der Waals surface area contributed by atoms with Crippen LogP contribution in [-0.4, -0.2) is 36.2 Å². The number of ether oxygens (including phenoxy) is 1. The normalized spacial score (nSPS) is 21.0. The van der Waals surface area contributed by atoms with Gasteiger partial charge in [0.15, 0.2) is 0 Å². The third kappa shape index (κ3) is 4.47. The fraction of sp³-hybridized carbons (Fsp3) is 0.357. The number of likely N-dealkylation sites (tertiary alicyclic amines) is 1. The summed E-state index contributed by atoms with van der Waals surface area (Å²) in [5.41, 5.74) is 5.30. The summed E-state index contributed by atoms with van der Waals surface area (Å²) in [7, 11) is 0. The van der Waals surface area contributed by atoms with Gasteiger partial charge in [0, 0.05) is 12.5 Å². The smallest absolute Gasteiger partial charge is 0.119 e. The Morgan fingerprint density at radius 3 is 2.42 bits per heavy atom. The molecule has 0 spiro atoms. The molecule has 3 nitrogen and oxygen atoms in total. The minimum atomic E-state index is 0.283. The van der Waals surface area contributed by atoms with Crippen molar-refractivity contribution in [2.24, 2.45) is 0 Å². The van der Waals surface area contributed by atoms with E-state index in [1.54, 1.807) is 0 Å². The van der Waals surface area contributed by atoms with E-state index in [0.29, 0.717) is 11.7 Å². The summed E-state index contributed by atoms with van der Waals surface area (Å²) < 4.78 is 6.03. The first kappa shape index (κ1) is 20.1. The van der Waals surface area contributed by atoms with Gasteiger partial charge < -0.3 is 9.84 Å². The lowest BCUT2D eigenvalue weighted by Crippen LogP contribution is -2.25. The van der Waals surface area contributed by atoms with Gasteiger partial charge in [-0.3, -0.25) is 4.90 Å². The van der Waals surface area contributed by atoms with Crippen LogP contribution in [0.15, 0.2) is 72.8 Å². The fourth-order valence-corrected chi connectivity index (χ4v) is 5.35. The molecule has 1 saturated heterocycles. The number of fused-ring (bicyclic) bond motifs is 1. The molecule has 2 atom stereocenters. The van der Waals surface area contributed by atoms with Crippen molar-refractivity contribution in [3.63, 3.8) is 0 Å². The summed E-state index contributed by atoms with van der Waals surface area (Å²) >= 11 is 0. The maximum Gasteiger partial charge on any atom is 0.119 e. The number of rotatable bonds is 6. The molecule has 0 radical (unpaired) electrons. The first-order chi connectivity index (χ1) is 15.3. The Hall–Kier alpha value is -2.78. The maximum absolute atomic E-state index is 10.0. The van der Waals surface area contributed by atoms with Crippen LogP contribution in [0, 0.1) is 0 Å². The van der Waals surface area contributed by atoms with Crippen LogP contribution in [0.3, 0.4) is 0 Å². The van der Waals surface area contributed by atoms with E-state index < -0.39 is 0 Å². The molecule has 3 aromatic carbocycles. The molecule has 3 heteroatoms. The summed E-state index contributed by atoms with van der Waals surface area (Å²) in [5.74, 6) is 2.02. The van der Waals surface area contributed by atoms with Gasteiger partial charge in [-0.15, -0.1) is 0 Å². The van der Waals surface area contributed by atoms with Crippen LogP contribution < -0.4 is 4.74 Å². The molecule has 0 aromatic heterocycles. The van der Waals surface area contributed by atoms with Crippen LogP contribution in [0.2, 0.25) is 0 Å². The third-order valence-corrected chi connectivity index (χ3v) is 6.93. The van der Waals surface area contributed by atoms with Crippen molar-refractivity contribution in [1.29, 1.82) is 0 Å². The van der Waals surface area contributed by atoms with Gasteiger partial charge in [-0.1, -0.05) is 48.5 Å². The predicted molar refractivity (Wildman–Crippen MR) is 125 cm³/mol. The van der Waals surface area contributed by atoms with Gasteiger partial charge in [0.05, 0.1) is 0 Å². The largest absolute Gasteiger partial charge is 0.508 e. The lowest BCUT2D eigenvalue weighted by atomic mass is 9.69. The molecule has 1 unspecified atom stereocenters. The monoisotopic (exact) mass is 413 g/mol. The molecule has 0 saturated carbocycles. The molecule has 0 bridgehead atoms. The number of benzene rings is 3. The molecular formula is C28H31NO2. The van der Waals surface area contributed by atoms with Gasteiger partial charge in [0.2, 0.25) is 0 Å². The molecule has 1 fully saturated rings. The quantitative estimate of drug-likeness (QED) is 0.560. The van der Waals surface area contributed by atoms with E-state index >= 15 is 0 Å². The van der Waals surface area contributed by atoms with Crippen LogP contribution >= 0.6 is 0 Å². The second kappa shape index (κ2) is 9.15. The Morgan fingerprint density at radius 2 is 1.65 bits per heavy atom. The average Bonchev–Trinajstić information content (AvgIpc) is 3.33. The van der Waals surface area contributed by atoms with Crippen molar-refractivity contribution in [3.8, 4) is 11.5 Å². The maximum atomic E-state index is 10.0. The first-order valence-electron chi connectivity index (χ1n) is 11.6. The molecule has 3 aromatic rings. The first-order valence-corrected chi connectivity index (χ1v) is 11.6. The second-order valence-electron chi connectivity index (χ2n) is 8.88. The Kier molecular flexibility index (Phi) is 5.95. The van der Waals surface area contributed by atoms with Crippen LogP contribution in [0.4, 0.5) is 0 Å². The van der Waals surface area contributed by atoms with E-state index in [1.165, 1.54) is 48.2 Å². The van der Waals surface area contributed by atoms with Crippen LogP contribution in [0.5, 0.6) is 11.5 Å². The van der Waals surface area contributed by atoms with E-state index in [2.05, 4.69) is 65.6 Å². The van der Waals surface area contributed by atoms with Gasteiger partial charge in [0.25, 0.3) is 0 Å². The van der Waals surface area contributed by atoms with E-state index in [1.807, 2.05) is 12.1 Å². The molecule has 1 aliphatic heterocycles. The summed E-state index contributed by atoms with van der Waals surface area (Å²) in [4.78, 5) is 2.48. The second-order valence-corrected chi connectivity index (χ2v) is 8.88. The Balaban J connectivity index is 1.38. The van der Waals surface area contributed by atoms with Crippen molar-refractivity contribution < 1.29 is 9.84 Å². The Labute approximate surface area is 185 Å². The van der Waals surface area contributed by atoms with Crippen LogP contribution in [0.25, 0.3) is 0 Å². The predicted octanol–water partition coefficient (Wildman–Crippen LogP) is 5.73. The number of hydrogen-bond acceptors (Lipinski definition) is 3. The molecular weight excluding hydrogens is 382 g/mol. The van der Waals surface area contributed by atoms with Gasteiger partial charge in [-0.05, 0) is 91.2 Å². The number of phenolic OH excluding ortho intramolecular Hbond substituents is 1. The van der Waals surface area contributed by atoms with Gasteiger partial charge >= 0.3 is 0 Å². The zero-order valence-corrected chi connectivity index (χ0v) is 18.0. The van der Waals surface area contributed by atoms with Crippen molar-refractivity contribution >= 4 is 0 Å². The summed E-state index contributed by atoms with van der Waals surface area (Å²) in [5, 5.41) is 10.0. The topological polar surface area (TPSA) is 32.7 Å². The minimum absolute atomic E-state index is 0.283. The number of phenols is 1. The summed E-state index contributed by atoms with van der Waals surface area (Å²) in [6, 6.07) is 25.4. The average molecular weight is 414 g/mol. The van der Waals surface area contributed by atoms with E-state index in [9.17, 15) is 5.11 Å². The lowest BCUT2D eigenvalue weighted by Gasteiger charge is -2.35. The number of hydrogen-bond donors (Lipinski definition) is 1. The van der Waals surface area contributed by atoms with Crippen molar-refractivity contribution in [3.05, 3.63) is 95.1 Å². The van der Waals surface area contributed by atoms with Gasteiger partial charge in [0.1, 0.15) is 18.1 Å². The molecule has 2 aliphatic rings. The fourth-order valence-electron chi connectivity index (χ4n) is 5.35. The highest BCUT2D eigenvalue weighted by Crippen LogP contribution is 2.47. The van der Waals surface area contributed by atoms with E-state index in [4.69, 9.17) is 4.74 Å². The Morgan fingerprint density at radius 1 is 0.871 bits per heavy atom. The standard InChI is InChI=1S/C28H31NO2/c30-24-11-15-27-23(20-24)10-14-26(21-6-2-1-3-7-21)28(27)22-8-12-25(13-9-22)31-19-18-29-16-4-5-17-29/h1-3,6-9,11-13,15,20,26,28,30H,4-5,10,14,16-19H2/t26-,28?/m1/s1. The van der Waals surface area contributed by atoms with Crippen LogP contribution in [-0.2, 0) is 6.42 Å². The zero-order valence-electron chi connectivity index (χ0n) is 18.0. The molecule has 31 heavy (non-hydrogen) atoms. The molecule has 160 valence electrons. The highest BCUT2D eigenvalue weighted by molar-refractivity contribution is 5.48. The Bertz CT molecular complexity index is 993. The van der Waals surface area contributed by atoms with Crippen molar-refractivity contribution in [1.82, 2.24) is 4.90 Å². The molecule has 5 rings (SSSR count).